The van der Waals surface area contributed by atoms with Crippen LogP contribution in [0.3, 0.4) is 0 Å². The van der Waals surface area contributed by atoms with Gasteiger partial charge in [-0.3, -0.25) is 4.72 Å². The Balaban J connectivity index is 0.00000225. The summed E-state index contributed by atoms with van der Waals surface area (Å²) in [7, 11) is -2.93. The number of carbonyl (C=O) groups excluding carboxylic acids is 1. The summed E-state index contributed by atoms with van der Waals surface area (Å²) in [5.41, 5.74) is -0.392. The molecule has 0 saturated carbocycles. The largest absolute Gasteiger partial charge is 1.00 e. The predicted octanol–water partition coefficient (Wildman–Crippen LogP) is -2.70. The minimum absolute atomic E-state index is 0. The molecular weight excluding hydrogens is 288 g/mol. The molecule has 0 unspecified atom stereocenters. The van der Waals surface area contributed by atoms with E-state index in [9.17, 15) is 18.3 Å². The molecule has 0 bridgehead atoms. The second-order valence-corrected chi connectivity index (χ2v) is 4.02. The third-order valence-corrected chi connectivity index (χ3v) is 2.54. The first-order valence-electron chi connectivity index (χ1n) is 3.53. The summed E-state index contributed by atoms with van der Waals surface area (Å²) in [4.78, 5) is 10.6. The van der Waals surface area contributed by atoms with E-state index >= 15 is 0 Å². The number of benzene rings is 1. The van der Waals surface area contributed by atoms with Crippen LogP contribution in [0, 0.1) is 0 Å². The zero-order valence-electron chi connectivity index (χ0n) is 7.99. The minimum atomic E-state index is -2.93. The zero-order chi connectivity index (χ0) is 11.6. The fraction of sp³-hybridized carbons (Fsp3) is 0. The molecule has 0 radical (unpaired) electrons. The van der Waals surface area contributed by atoms with Gasteiger partial charge in [0.25, 0.3) is 0 Å². The van der Waals surface area contributed by atoms with Crippen molar-refractivity contribution in [1.82, 2.24) is 0 Å². The van der Waals surface area contributed by atoms with Crippen LogP contribution in [0.1, 0.15) is 10.4 Å². The number of thiol groups is 1. The Labute approximate surface area is 125 Å². The number of carboxylic acid groups (broad SMARTS) is 1. The summed E-state index contributed by atoms with van der Waals surface area (Å²) in [5, 5.41) is 10.4. The van der Waals surface area contributed by atoms with Gasteiger partial charge in [0, 0.05) is 5.56 Å². The molecule has 0 aliphatic rings. The van der Waals surface area contributed by atoms with Crippen LogP contribution in [0.2, 0.25) is 10.0 Å². The topological polar surface area (TPSA) is 86.3 Å². The Morgan fingerprint density at radius 3 is 2.25 bits per heavy atom. The van der Waals surface area contributed by atoms with Gasteiger partial charge in [-0.1, -0.05) is 23.2 Å². The number of carbonyl (C=O) groups is 1. The Kier molecular flexibility index (Phi) is 6.69. The molecular formula is C7H4Cl2NNaO4S. The molecule has 1 N–H and O–H groups in total. The Bertz CT molecular complexity index is 484. The second-order valence-electron chi connectivity index (χ2n) is 2.47. The van der Waals surface area contributed by atoms with Crippen molar-refractivity contribution in [2.75, 3.05) is 4.72 Å². The first-order valence-corrected chi connectivity index (χ1v) is 5.46. The zero-order valence-corrected chi connectivity index (χ0v) is 12.4. The third-order valence-electron chi connectivity index (χ3n) is 1.49. The number of carboxylic acids is 1. The third kappa shape index (κ3) is 4.12. The molecule has 0 spiro atoms. The van der Waals surface area contributed by atoms with E-state index in [1.807, 2.05) is 4.72 Å². The molecule has 82 valence electrons. The molecule has 0 saturated heterocycles. The van der Waals surface area contributed by atoms with Crippen molar-refractivity contribution in [3.05, 3.63) is 27.7 Å². The molecule has 0 amide bonds. The van der Waals surface area contributed by atoms with E-state index in [-0.39, 0.29) is 50.9 Å². The monoisotopic (exact) mass is 291 g/mol. The fourth-order valence-corrected chi connectivity index (χ4v) is 1.84. The van der Waals surface area contributed by atoms with Crippen LogP contribution < -0.4 is 39.4 Å². The predicted molar refractivity (Wildman–Crippen MR) is 54.7 cm³/mol. The molecule has 0 aliphatic heterocycles. The van der Waals surface area contributed by atoms with Gasteiger partial charge in [-0.2, -0.15) is 0 Å². The van der Waals surface area contributed by atoms with Crippen LogP contribution in [-0.2, 0) is 10.9 Å². The Morgan fingerprint density at radius 2 is 1.81 bits per heavy atom. The molecule has 0 heterocycles. The van der Waals surface area contributed by atoms with Crippen molar-refractivity contribution in [1.29, 1.82) is 0 Å². The number of hydrogen-bond acceptors (Lipinski definition) is 4. The van der Waals surface area contributed by atoms with E-state index in [2.05, 4.69) is 0 Å². The summed E-state index contributed by atoms with van der Waals surface area (Å²) in [6, 6.07) is 2.11. The van der Waals surface area contributed by atoms with Gasteiger partial charge in [0.05, 0.1) is 21.7 Å². The van der Waals surface area contributed by atoms with Crippen molar-refractivity contribution in [3.63, 3.8) is 0 Å². The van der Waals surface area contributed by atoms with Crippen LogP contribution in [0.15, 0.2) is 12.1 Å². The molecule has 16 heavy (non-hydrogen) atoms. The standard InChI is InChI=1S/C7H5Cl2NO4S.Na/c8-4-2-5(9)6(10-15(13)14)1-3(4)7(11)12;/h1-2,15H,(H,11,12)(H,10,13,14);/q;+1/p-1. The molecule has 1 aromatic carbocycles. The van der Waals surface area contributed by atoms with E-state index in [1.54, 1.807) is 0 Å². The summed E-state index contributed by atoms with van der Waals surface area (Å²) in [6.07, 6.45) is 0. The Morgan fingerprint density at radius 1 is 1.25 bits per heavy atom. The summed E-state index contributed by atoms with van der Waals surface area (Å²) < 4.78 is 22.7. The summed E-state index contributed by atoms with van der Waals surface area (Å²) in [5.74, 6) is -1.51. The van der Waals surface area contributed by atoms with Gasteiger partial charge in [-0.15, -0.1) is 0 Å². The molecule has 1 rings (SSSR count). The number of hydrogen-bond donors (Lipinski definition) is 2. The SMILES string of the molecule is O=C([O-])c1cc(N[SH](=O)=O)c(Cl)cc1Cl.[Na+]. The first-order chi connectivity index (χ1) is 6.91. The van der Waals surface area contributed by atoms with Crippen LogP contribution in [-0.4, -0.2) is 14.4 Å². The van der Waals surface area contributed by atoms with Gasteiger partial charge in [0.15, 0.2) is 0 Å². The van der Waals surface area contributed by atoms with Crippen molar-refractivity contribution in [2.45, 2.75) is 0 Å². The first kappa shape index (κ1) is 16.0. The molecule has 1 aromatic rings. The summed E-state index contributed by atoms with van der Waals surface area (Å²) in [6.45, 7) is 0. The summed E-state index contributed by atoms with van der Waals surface area (Å²) >= 11 is 11.2. The molecule has 0 fully saturated rings. The molecule has 0 atom stereocenters. The van der Waals surface area contributed by atoms with Crippen LogP contribution in [0.25, 0.3) is 0 Å². The molecule has 9 heteroatoms. The van der Waals surface area contributed by atoms with Crippen molar-refractivity contribution in [3.8, 4) is 0 Å². The van der Waals surface area contributed by atoms with Crippen molar-refractivity contribution < 1.29 is 47.9 Å². The average Bonchev–Trinajstić information content (AvgIpc) is 2.08. The number of anilines is 1. The van der Waals surface area contributed by atoms with Gasteiger partial charge >= 0.3 is 29.6 Å². The van der Waals surface area contributed by atoms with Crippen molar-refractivity contribution >= 4 is 45.7 Å². The maximum absolute atomic E-state index is 10.6. The molecule has 0 aromatic heterocycles. The van der Waals surface area contributed by atoms with Crippen LogP contribution >= 0.6 is 23.2 Å². The van der Waals surface area contributed by atoms with E-state index in [0.29, 0.717) is 0 Å². The Hall–Kier alpha value is 0.0200. The van der Waals surface area contributed by atoms with E-state index in [4.69, 9.17) is 23.2 Å². The number of nitrogens with one attached hydrogen (secondary N) is 1. The molecule has 5 nitrogen and oxygen atoms in total. The van der Waals surface area contributed by atoms with Gasteiger partial charge in [-0.25, -0.2) is 8.42 Å². The van der Waals surface area contributed by atoms with Crippen LogP contribution in [0.4, 0.5) is 5.69 Å². The average molecular weight is 292 g/mol. The second kappa shape index (κ2) is 6.68. The van der Waals surface area contributed by atoms with Gasteiger partial charge in [-0.05, 0) is 12.1 Å². The number of aromatic carboxylic acids is 1. The van der Waals surface area contributed by atoms with E-state index in [0.717, 1.165) is 12.1 Å². The van der Waals surface area contributed by atoms with Gasteiger partial charge in [0.2, 0.25) is 10.9 Å². The van der Waals surface area contributed by atoms with Crippen molar-refractivity contribution in [2.24, 2.45) is 0 Å². The smallest absolute Gasteiger partial charge is 0.545 e. The quantitative estimate of drug-likeness (QED) is 0.469. The fourth-order valence-electron chi connectivity index (χ4n) is 0.889. The van der Waals surface area contributed by atoms with E-state index in [1.165, 1.54) is 0 Å². The maximum Gasteiger partial charge on any atom is 1.00 e. The minimum Gasteiger partial charge on any atom is -0.545 e. The normalized spacial score (nSPS) is 9.69. The maximum atomic E-state index is 10.6. The van der Waals surface area contributed by atoms with Crippen LogP contribution in [0.5, 0.6) is 0 Å². The number of rotatable bonds is 3. The van der Waals surface area contributed by atoms with Gasteiger partial charge < -0.3 is 9.90 Å². The number of halogens is 2. The molecule has 0 aliphatic carbocycles. The van der Waals surface area contributed by atoms with E-state index < -0.39 is 16.9 Å². The van der Waals surface area contributed by atoms with Gasteiger partial charge in [0.1, 0.15) is 0 Å².